The molecule has 5 rings (SSSR count). The van der Waals surface area contributed by atoms with E-state index < -0.39 is 42.3 Å². The molecule has 1 heterocycles. The minimum atomic E-state index is -1.76. The fourth-order valence-electron chi connectivity index (χ4n) is 7.17. The minimum absolute atomic E-state index is 0.260. The molecule has 8 heteroatoms. The Kier molecular flexibility index (Phi) is 5.70. The fourth-order valence-corrected chi connectivity index (χ4v) is 7.17. The molecule has 1 aromatic carbocycles. The highest BCUT2D eigenvalue weighted by Crippen LogP contribution is 2.64. The van der Waals surface area contributed by atoms with Gasteiger partial charge in [-0.05, 0) is 79.5 Å². The molecule has 0 radical (unpaired) electrons. The molecule has 0 bridgehead atoms. The predicted octanol–water partition coefficient (Wildman–Crippen LogP) is 1.18. The van der Waals surface area contributed by atoms with Crippen LogP contribution >= 0.6 is 0 Å². The second-order valence-corrected chi connectivity index (χ2v) is 10.6. The van der Waals surface area contributed by atoms with E-state index in [4.69, 9.17) is 15.9 Å². The summed E-state index contributed by atoms with van der Waals surface area (Å²) in [4.78, 5) is 11.3. The van der Waals surface area contributed by atoms with E-state index in [0.29, 0.717) is 29.9 Å². The molecule has 3 fully saturated rings. The maximum atomic E-state index is 11.3. The number of rotatable bonds is 3. The first-order valence-electron chi connectivity index (χ1n) is 12.0. The Morgan fingerprint density at radius 3 is 2.62 bits per heavy atom. The summed E-state index contributed by atoms with van der Waals surface area (Å²) in [5.74, 6) is 2.86. The Morgan fingerprint density at radius 2 is 1.91 bits per heavy atom. The normalized spacial score (nSPS) is 45.4. The zero-order valence-electron chi connectivity index (χ0n) is 19.1. The summed E-state index contributed by atoms with van der Waals surface area (Å²) in [5, 5.41) is 50.5. The Morgan fingerprint density at radius 1 is 1.15 bits per heavy atom. The highest BCUT2D eigenvalue weighted by Gasteiger charge is 2.61. The quantitative estimate of drug-likeness (QED) is 0.414. The molecular formula is C26H32O8. The zero-order chi connectivity index (χ0) is 24.4. The van der Waals surface area contributed by atoms with Gasteiger partial charge in [0.2, 0.25) is 6.29 Å². The highest BCUT2D eigenvalue weighted by molar-refractivity contribution is 5.73. The monoisotopic (exact) mass is 472 g/mol. The molecule has 0 aromatic heterocycles. The average Bonchev–Trinajstić information content (AvgIpc) is 3.10. The van der Waals surface area contributed by atoms with Gasteiger partial charge in [0.05, 0.1) is 0 Å². The molecule has 0 amide bonds. The Balaban J connectivity index is 1.35. The van der Waals surface area contributed by atoms with Crippen LogP contribution in [0.1, 0.15) is 56.1 Å². The van der Waals surface area contributed by atoms with E-state index in [-0.39, 0.29) is 5.41 Å². The van der Waals surface area contributed by atoms with Gasteiger partial charge in [-0.1, -0.05) is 18.9 Å². The number of ether oxygens (including phenoxy) is 2. The van der Waals surface area contributed by atoms with E-state index in [1.807, 2.05) is 12.1 Å². The van der Waals surface area contributed by atoms with Gasteiger partial charge in [-0.25, -0.2) is 4.79 Å². The van der Waals surface area contributed by atoms with Crippen LogP contribution in [0.5, 0.6) is 5.75 Å². The molecule has 0 spiro atoms. The molecule has 5 N–H and O–H groups in total. The van der Waals surface area contributed by atoms with Crippen LogP contribution in [-0.4, -0.2) is 67.8 Å². The first-order valence-corrected chi connectivity index (χ1v) is 12.0. The number of aryl methyl sites for hydroxylation is 1. The van der Waals surface area contributed by atoms with Gasteiger partial charge < -0.3 is 35.0 Å². The van der Waals surface area contributed by atoms with Crippen LogP contribution in [-0.2, 0) is 16.0 Å². The highest BCUT2D eigenvalue weighted by atomic mass is 16.7. The van der Waals surface area contributed by atoms with Crippen LogP contribution in [0.15, 0.2) is 18.2 Å². The smallest absolute Gasteiger partial charge is 0.335 e. The Bertz CT molecular complexity index is 1020. The molecule has 2 saturated carbocycles. The third-order valence-corrected chi connectivity index (χ3v) is 9.15. The second kappa shape index (κ2) is 8.21. The van der Waals surface area contributed by atoms with Crippen LogP contribution < -0.4 is 4.74 Å². The van der Waals surface area contributed by atoms with Crippen molar-refractivity contribution in [2.75, 3.05) is 0 Å². The minimum Gasteiger partial charge on any atom is -0.479 e. The van der Waals surface area contributed by atoms with Crippen LogP contribution in [0.25, 0.3) is 0 Å². The summed E-state index contributed by atoms with van der Waals surface area (Å²) >= 11 is 0. The number of carboxylic acids is 1. The summed E-state index contributed by atoms with van der Waals surface area (Å²) in [6.07, 6.45) is 2.78. The van der Waals surface area contributed by atoms with Gasteiger partial charge in [-0.2, -0.15) is 0 Å². The lowest BCUT2D eigenvalue weighted by atomic mass is 9.53. The van der Waals surface area contributed by atoms with Crippen molar-refractivity contribution in [3.8, 4) is 18.1 Å². The van der Waals surface area contributed by atoms with Crippen molar-refractivity contribution >= 4 is 5.97 Å². The van der Waals surface area contributed by atoms with Gasteiger partial charge in [0.15, 0.2) is 6.10 Å². The number of hydrogen-bond acceptors (Lipinski definition) is 7. The molecule has 0 unspecified atom stereocenters. The zero-order valence-corrected chi connectivity index (χ0v) is 19.1. The molecule has 4 aliphatic rings. The number of carbonyl (C=O) groups is 1. The molecule has 184 valence electrons. The van der Waals surface area contributed by atoms with Crippen molar-refractivity contribution in [2.45, 2.75) is 87.7 Å². The van der Waals surface area contributed by atoms with Gasteiger partial charge in [-0.3, -0.25) is 0 Å². The lowest BCUT2D eigenvalue weighted by Crippen LogP contribution is -2.61. The first-order chi connectivity index (χ1) is 16.1. The molecule has 1 aromatic rings. The summed E-state index contributed by atoms with van der Waals surface area (Å²) in [7, 11) is 0. The van der Waals surface area contributed by atoms with E-state index in [1.165, 1.54) is 5.56 Å². The molecule has 34 heavy (non-hydrogen) atoms. The van der Waals surface area contributed by atoms with Crippen molar-refractivity contribution in [1.82, 2.24) is 0 Å². The van der Waals surface area contributed by atoms with Crippen LogP contribution in [0, 0.1) is 29.6 Å². The van der Waals surface area contributed by atoms with E-state index in [0.717, 1.165) is 37.7 Å². The molecule has 1 aliphatic heterocycles. The molecule has 1 saturated heterocycles. The van der Waals surface area contributed by atoms with Crippen molar-refractivity contribution in [1.29, 1.82) is 0 Å². The Labute approximate surface area is 198 Å². The van der Waals surface area contributed by atoms with Crippen molar-refractivity contribution in [3.05, 3.63) is 29.3 Å². The lowest BCUT2D eigenvalue weighted by molar-refractivity contribution is -0.271. The van der Waals surface area contributed by atoms with E-state index in [9.17, 15) is 30.3 Å². The summed E-state index contributed by atoms with van der Waals surface area (Å²) in [6, 6.07) is 5.67. The Hall–Kier alpha value is -2.15. The second-order valence-electron chi connectivity index (χ2n) is 10.6. The number of carboxylic acid groups (broad SMARTS) is 1. The number of terminal acetylenes is 1. The molecule has 10 atom stereocenters. The van der Waals surface area contributed by atoms with Crippen LogP contribution in [0.4, 0.5) is 0 Å². The number of hydrogen-bond donors (Lipinski definition) is 5. The van der Waals surface area contributed by atoms with Crippen molar-refractivity contribution in [3.63, 3.8) is 0 Å². The van der Waals surface area contributed by atoms with Crippen LogP contribution in [0.2, 0.25) is 0 Å². The van der Waals surface area contributed by atoms with Crippen molar-refractivity contribution in [2.24, 2.45) is 17.3 Å². The number of fused-ring (bicyclic) bond motifs is 5. The van der Waals surface area contributed by atoms with Gasteiger partial charge in [0.1, 0.15) is 29.7 Å². The summed E-state index contributed by atoms with van der Waals surface area (Å²) in [5.41, 5.74) is 1.09. The number of aliphatic hydroxyl groups is 4. The number of benzene rings is 1. The van der Waals surface area contributed by atoms with Gasteiger partial charge in [0, 0.05) is 5.41 Å². The molecule has 8 nitrogen and oxygen atoms in total. The average molecular weight is 473 g/mol. The van der Waals surface area contributed by atoms with Gasteiger partial charge in [-0.15, -0.1) is 6.42 Å². The molecular weight excluding hydrogens is 440 g/mol. The SMILES string of the molecule is C#C[C@]1(O)CC[C@@H]2[C@H]3CCc4cc(O[C@H]5O[C@H](C(=O)O)[C@@H](O)[C@H](O)[C@H]5O)ccc4[C@@H]3CC[C@@]21C. The predicted molar refractivity (Wildman–Crippen MR) is 120 cm³/mol. The first kappa shape index (κ1) is 23.6. The standard InChI is InChI=1S/C26H32O8/c1-3-26(32)11-9-18-17-6-4-13-12-14(5-7-15(13)16(17)8-10-25(18,26)2)33-24-21(29)19(27)20(28)22(34-24)23(30)31/h1,5,7,12,16-22,24,27-29,32H,4,6,8-11H2,2H3,(H,30,31)/t16-,17-,18+,19-,20-,21+,22-,24-,25-,26-/m0/s1. The van der Waals surface area contributed by atoms with Crippen molar-refractivity contribution < 1.29 is 39.8 Å². The maximum absolute atomic E-state index is 11.3. The van der Waals surface area contributed by atoms with Crippen LogP contribution in [0.3, 0.4) is 0 Å². The maximum Gasteiger partial charge on any atom is 0.335 e. The van der Waals surface area contributed by atoms with E-state index in [1.54, 1.807) is 6.07 Å². The molecule has 3 aliphatic carbocycles. The van der Waals surface area contributed by atoms with E-state index >= 15 is 0 Å². The number of aliphatic hydroxyl groups excluding tert-OH is 3. The largest absolute Gasteiger partial charge is 0.479 e. The third-order valence-electron chi connectivity index (χ3n) is 9.15. The summed E-state index contributed by atoms with van der Waals surface area (Å²) < 4.78 is 11.0. The lowest BCUT2D eigenvalue weighted by Gasteiger charge is -2.52. The fraction of sp³-hybridized carbons (Fsp3) is 0.654. The third kappa shape index (κ3) is 3.37. The van der Waals surface area contributed by atoms with Gasteiger partial charge >= 0.3 is 5.97 Å². The summed E-state index contributed by atoms with van der Waals surface area (Å²) in [6.45, 7) is 2.15. The van der Waals surface area contributed by atoms with E-state index in [2.05, 4.69) is 12.8 Å². The topological polar surface area (TPSA) is 137 Å². The number of aliphatic carboxylic acids is 1. The van der Waals surface area contributed by atoms with Gasteiger partial charge in [0.25, 0.3) is 0 Å².